The first-order valence-electron chi connectivity index (χ1n) is 9.28. The lowest BCUT2D eigenvalue weighted by Gasteiger charge is -2.07. The van der Waals surface area contributed by atoms with Crippen LogP contribution < -0.4 is 10.5 Å². The van der Waals surface area contributed by atoms with Crippen LogP contribution in [0.1, 0.15) is 17.1 Å². The van der Waals surface area contributed by atoms with Crippen LogP contribution in [0.2, 0.25) is 5.02 Å². The van der Waals surface area contributed by atoms with Gasteiger partial charge in [-0.25, -0.2) is 4.98 Å². The fourth-order valence-electron chi connectivity index (χ4n) is 2.70. The summed E-state index contributed by atoms with van der Waals surface area (Å²) < 4.78 is 13.0. The molecule has 0 aliphatic heterocycles. The second-order valence-corrected chi connectivity index (χ2v) is 8.74. The van der Waals surface area contributed by atoms with Gasteiger partial charge in [-0.3, -0.25) is 9.36 Å². The molecule has 8 nitrogen and oxygen atoms in total. The number of aromatic nitrogens is 4. The van der Waals surface area contributed by atoms with Gasteiger partial charge in [0.15, 0.2) is 16.7 Å². The number of primary amides is 1. The minimum Gasteiger partial charge on any atom is -0.486 e. The maximum atomic E-state index is 11.3. The second kappa shape index (κ2) is 9.99. The van der Waals surface area contributed by atoms with Crippen molar-refractivity contribution >= 4 is 40.6 Å². The van der Waals surface area contributed by atoms with Crippen LogP contribution in [-0.2, 0) is 23.7 Å². The molecule has 0 aliphatic carbocycles. The van der Waals surface area contributed by atoms with Gasteiger partial charge >= 0.3 is 0 Å². The van der Waals surface area contributed by atoms with Gasteiger partial charge in [0.25, 0.3) is 0 Å². The standard InChI is InChI=1S/C20H18ClN5O3S2/c21-13-3-5-15(6-4-13)29-10-18-23-14(11-30-18)12-31-20-25-24-19(16-2-1-9-28-16)26(20)8-7-17(22)27/h1-6,9,11H,7-8,10,12H2,(H2,22,27). The van der Waals surface area contributed by atoms with Crippen LogP contribution in [0.15, 0.2) is 57.6 Å². The molecule has 0 radical (unpaired) electrons. The van der Waals surface area contributed by atoms with Crippen LogP contribution in [0.25, 0.3) is 11.6 Å². The number of thiazole rings is 1. The number of ether oxygens (including phenoxy) is 1. The van der Waals surface area contributed by atoms with Gasteiger partial charge in [0.2, 0.25) is 5.91 Å². The number of carbonyl (C=O) groups excluding carboxylic acids is 1. The van der Waals surface area contributed by atoms with Gasteiger partial charge in [0, 0.05) is 29.1 Å². The Morgan fingerprint density at radius 2 is 2.10 bits per heavy atom. The molecule has 4 aromatic rings. The number of furan rings is 1. The van der Waals surface area contributed by atoms with Crippen molar-refractivity contribution in [2.75, 3.05) is 0 Å². The van der Waals surface area contributed by atoms with Crippen LogP contribution in [0.5, 0.6) is 5.75 Å². The largest absolute Gasteiger partial charge is 0.486 e. The van der Waals surface area contributed by atoms with E-state index in [2.05, 4.69) is 15.2 Å². The van der Waals surface area contributed by atoms with Crippen molar-refractivity contribution in [3.63, 3.8) is 0 Å². The summed E-state index contributed by atoms with van der Waals surface area (Å²) >= 11 is 8.90. The van der Waals surface area contributed by atoms with E-state index in [1.807, 2.05) is 22.1 Å². The molecule has 0 saturated carbocycles. The van der Waals surface area contributed by atoms with Crippen molar-refractivity contribution in [1.29, 1.82) is 0 Å². The van der Waals surface area contributed by atoms with Crippen molar-refractivity contribution in [2.24, 2.45) is 5.73 Å². The predicted molar refractivity (Wildman–Crippen MR) is 119 cm³/mol. The average Bonchev–Trinajstić information content (AvgIpc) is 3.50. The van der Waals surface area contributed by atoms with E-state index in [0.717, 1.165) is 16.5 Å². The molecule has 0 bridgehead atoms. The molecule has 0 atom stereocenters. The Balaban J connectivity index is 1.39. The number of nitrogens with two attached hydrogens (primary N) is 1. The second-order valence-electron chi connectivity index (χ2n) is 6.42. The first kappa shape index (κ1) is 21.4. The van der Waals surface area contributed by atoms with Crippen LogP contribution in [0.3, 0.4) is 0 Å². The maximum absolute atomic E-state index is 11.3. The molecule has 4 rings (SSSR count). The summed E-state index contributed by atoms with van der Waals surface area (Å²) in [4.78, 5) is 15.9. The van der Waals surface area contributed by atoms with E-state index in [4.69, 9.17) is 26.5 Å². The minimum atomic E-state index is -0.389. The number of halogens is 1. The molecule has 0 spiro atoms. The van der Waals surface area contributed by atoms with Crippen molar-refractivity contribution in [3.8, 4) is 17.3 Å². The number of benzene rings is 1. The molecule has 0 fully saturated rings. The normalized spacial score (nSPS) is 11.0. The van der Waals surface area contributed by atoms with Crippen LogP contribution in [-0.4, -0.2) is 25.7 Å². The van der Waals surface area contributed by atoms with E-state index < -0.39 is 0 Å². The van der Waals surface area contributed by atoms with E-state index in [1.165, 1.54) is 23.1 Å². The third-order valence-electron chi connectivity index (χ3n) is 4.16. The van der Waals surface area contributed by atoms with Gasteiger partial charge in [-0.05, 0) is 36.4 Å². The number of hydrogen-bond donors (Lipinski definition) is 1. The predicted octanol–water partition coefficient (Wildman–Crippen LogP) is 4.39. The van der Waals surface area contributed by atoms with Crippen LogP contribution in [0, 0.1) is 0 Å². The van der Waals surface area contributed by atoms with Crippen LogP contribution in [0.4, 0.5) is 0 Å². The molecule has 0 unspecified atom stereocenters. The van der Waals surface area contributed by atoms with Crippen molar-refractivity contribution in [3.05, 3.63) is 63.8 Å². The average molecular weight is 476 g/mol. The molecule has 3 heterocycles. The fourth-order valence-corrected chi connectivity index (χ4v) is 4.50. The molecule has 3 aromatic heterocycles. The molecule has 1 amide bonds. The summed E-state index contributed by atoms with van der Waals surface area (Å²) in [5.74, 6) is 2.09. The van der Waals surface area contributed by atoms with Crippen molar-refractivity contribution < 1.29 is 13.9 Å². The van der Waals surface area contributed by atoms with E-state index in [1.54, 1.807) is 30.5 Å². The third kappa shape index (κ3) is 5.66. The van der Waals surface area contributed by atoms with Gasteiger partial charge in [-0.15, -0.1) is 21.5 Å². The van der Waals surface area contributed by atoms with Gasteiger partial charge in [0.05, 0.1) is 12.0 Å². The lowest BCUT2D eigenvalue weighted by atomic mass is 10.3. The molecule has 0 aliphatic rings. The molecule has 1 aromatic carbocycles. The van der Waals surface area contributed by atoms with E-state index >= 15 is 0 Å². The Kier molecular flexibility index (Phi) is 6.90. The van der Waals surface area contributed by atoms with E-state index in [9.17, 15) is 4.79 Å². The van der Waals surface area contributed by atoms with Gasteiger partial charge in [-0.1, -0.05) is 23.4 Å². The molecule has 0 saturated heterocycles. The Bertz CT molecular complexity index is 1140. The highest BCUT2D eigenvalue weighted by Crippen LogP contribution is 2.27. The molecule has 160 valence electrons. The molecule has 2 N–H and O–H groups in total. The zero-order chi connectivity index (χ0) is 21.6. The highest BCUT2D eigenvalue weighted by molar-refractivity contribution is 7.98. The van der Waals surface area contributed by atoms with Gasteiger partial charge in [0.1, 0.15) is 17.4 Å². The van der Waals surface area contributed by atoms with Gasteiger partial charge < -0.3 is 14.9 Å². The van der Waals surface area contributed by atoms with Crippen molar-refractivity contribution in [1.82, 2.24) is 19.7 Å². The SMILES string of the molecule is NC(=O)CCn1c(SCc2csc(COc3ccc(Cl)cc3)n2)nnc1-c1ccco1. The number of rotatable bonds is 10. The lowest BCUT2D eigenvalue weighted by Crippen LogP contribution is -2.15. The number of thioether (sulfide) groups is 1. The summed E-state index contributed by atoms with van der Waals surface area (Å²) in [7, 11) is 0. The molecule has 31 heavy (non-hydrogen) atoms. The highest BCUT2D eigenvalue weighted by Gasteiger charge is 2.17. The summed E-state index contributed by atoms with van der Waals surface area (Å²) in [6.07, 6.45) is 1.75. The molecular weight excluding hydrogens is 458 g/mol. The first-order chi connectivity index (χ1) is 15.1. The lowest BCUT2D eigenvalue weighted by molar-refractivity contribution is -0.118. The fraction of sp³-hybridized carbons (Fsp3) is 0.200. The summed E-state index contributed by atoms with van der Waals surface area (Å²) in [6.45, 7) is 0.756. The summed E-state index contributed by atoms with van der Waals surface area (Å²) in [5, 5.41) is 12.7. The third-order valence-corrected chi connectivity index (χ3v) is 6.29. The van der Waals surface area contributed by atoms with E-state index in [-0.39, 0.29) is 12.3 Å². The van der Waals surface area contributed by atoms with Crippen LogP contribution >= 0.6 is 34.7 Å². The Hall–Kier alpha value is -2.82. The highest BCUT2D eigenvalue weighted by atomic mass is 35.5. The smallest absolute Gasteiger partial charge is 0.219 e. The van der Waals surface area contributed by atoms with Crippen molar-refractivity contribution in [2.45, 2.75) is 30.5 Å². The monoisotopic (exact) mass is 475 g/mol. The number of nitrogens with zero attached hydrogens (tertiary/aromatic N) is 4. The number of hydrogen-bond acceptors (Lipinski definition) is 8. The molecular formula is C20H18ClN5O3S2. The van der Waals surface area contributed by atoms with Gasteiger partial charge in [-0.2, -0.15) is 0 Å². The zero-order valence-electron chi connectivity index (χ0n) is 16.2. The summed E-state index contributed by atoms with van der Waals surface area (Å²) in [5.41, 5.74) is 6.23. The topological polar surface area (TPSA) is 109 Å². The van der Waals surface area contributed by atoms with E-state index in [0.29, 0.717) is 40.7 Å². The Labute approximate surface area is 191 Å². The Morgan fingerprint density at radius 1 is 1.26 bits per heavy atom. The first-order valence-corrected chi connectivity index (χ1v) is 11.5. The summed E-state index contributed by atoms with van der Waals surface area (Å²) in [6, 6.07) is 10.8. The number of carbonyl (C=O) groups is 1. The Morgan fingerprint density at radius 3 is 2.84 bits per heavy atom. The maximum Gasteiger partial charge on any atom is 0.219 e. The number of amides is 1. The zero-order valence-corrected chi connectivity index (χ0v) is 18.6. The quantitative estimate of drug-likeness (QED) is 0.338. The minimum absolute atomic E-state index is 0.183. The molecule has 11 heteroatoms.